The van der Waals surface area contributed by atoms with Gasteiger partial charge in [0.15, 0.2) is 0 Å². The third-order valence-electron chi connectivity index (χ3n) is 4.07. The van der Waals surface area contributed by atoms with Crippen LogP contribution in [0.2, 0.25) is 0 Å². The van der Waals surface area contributed by atoms with Crippen molar-refractivity contribution in [3.8, 4) is 0 Å². The monoisotopic (exact) mass is 225 g/mol. The Bertz CT molecular complexity index is 176. The average Bonchev–Trinajstić information content (AvgIpc) is 2.21. The second kappa shape index (κ2) is 7.32. The summed E-state index contributed by atoms with van der Waals surface area (Å²) in [6, 6.07) is 0.813. The van der Waals surface area contributed by atoms with Crippen molar-refractivity contribution >= 4 is 0 Å². The summed E-state index contributed by atoms with van der Waals surface area (Å²) in [6.45, 7) is 10.5. The Morgan fingerprint density at radius 1 is 1.25 bits per heavy atom. The molecule has 16 heavy (non-hydrogen) atoms. The normalized spacial score (nSPS) is 30.9. The van der Waals surface area contributed by atoms with Gasteiger partial charge in [-0.05, 0) is 50.0 Å². The third kappa shape index (κ3) is 4.86. The van der Waals surface area contributed by atoms with E-state index in [0.29, 0.717) is 0 Å². The predicted molar refractivity (Wildman–Crippen MR) is 72.7 cm³/mol. The highest BCUT2D eigenvalue weighted by molar-refractivity contribution is 4.83. The average molecular weight is 225 g/mol. The maximum absolute atomic E-state index is 3.69. The summed E-state index contributed by atoms with van der Waals surface area (Å²) < 4.78 is 0. The van der Waals surface area contributed by atoms with Crippen LogP contribution in [0.5, 0.6) is 0 Å². The number of hydrogen-bond acceptors (Lipinski definition) is 1. The van der Waals surface area contributed by atoms with Crippen LogP contribution in [0.1, 0.15) is 66.2 Å². The molecule has 0 bridgehead atoms. The molecule has 3 atom stereocenters. The fourth-order valence-corrected chi connectivity index (χ4v) is 3.14. The highest BCUT2D eigenvalue weighted by Gasteiger charge is 2.27. The summed E-state index contributed by atoms with van der Waals surface area (Å²) in [6.07, 6.45) is 8.57. The molecule has 1 aliphatic rings. The molecule has 0 radical (unpaired) electrons. The predicted octanol–water partition coefficient (Wildman–Crippen LogP) is 4.23. The van der Waals surface area contributed by atoms with Crippen molar-refractivity contribution in [3.63, 3.8) is 0 Å². The first-order valence-corrected chi connectivity index (χ1v) is 7.36. The van der Waals surface area contributed by atoms with E-state index in [2.05, 4.69) is 33.0 Å². The summed E-state index contributed by atoms with van der Waals surface area (Å²) >= 11 is 0. The molecule has 1 heteroatoms. The third-order valence-corrected chi connectivity index (χ3v) is 4.07. The van der Waals surface area contributed by atoms with E-state index in [0.717, 1.165) is 30.3 Å². The highest BCUT2D eigenvalue weighted by atomic mass is 14.9. The zero-order chi connectivity index (χ0) is 12.0. The Morgan fingerprint density at radius 3 is 2.62 bits per heavy atom. The Kier molecular flexibility index (Phi) is 6.41. The summed E-state index contributed by atoms with van der Waals surface area (Å²) in [5.74, 6) is 2.78. The van der Waals surface area contributed by atoms with Crippen molar-refractivity contribution in [1.82, 2.24) is 5.32 Å². The molecule has 0 aromatic carbocycles. The lowest BCUT2D eigenvalue weighted by molar-refractivity contribution is 0.199. The first kappa shape index (κ1) is 14.0. The molecule has 1 saturated carbocycles. The van der Waals surface area contributed by atoms with E-state index in [9.17, 15) is 0 Å². The Hall–Kier alpha value is -0.0400. The first-order chi connectivity index (χ1) is 7.63. The summed E-state index contributed by atoms with van der Waals surface area (Å²) in [7, 11) is 0. The molecule has 0 heterocycles. The minimum absolute atomic E-state index is 0.813. The molecule has 3 unspecified atom stereocenters. The summed E-state index contributed by atoms with van der Waals surface area (Å²) in [5.41, 5.74) is 0. The molecule has 0 aromatic rings. The zero-order valence-electron chi connectivity index (χ0n) is 11.8. The number of rotatable bonds is 6. The van der Waals surface area contributed by atoms with Gasteiger partial charge in [0.1, 0.15) is 0 Å². The molecule has 0 aromatic heterocycles. The van der Waals surface area contributed by atoms with Gasteiger partial charge in [0.05, 0.1) is 0 Å². The second-order valence-corrected chi connectivity index (χ2v) is 6.17. The highest BCUT2D eigenvalue weighted by Crippen LogP contribution is 2.32. The van der Waals surface area contributed by atoms with Crippen molar-refractivity contribution in [2.75, 3.05) is 6.54 Å². The van der Waals surface area contributed by atoms with Gasteiger partial charge in [-0.3, -0.25) is 0 Å². The van der Waals surface area contributed by atoms with Gasteiger partial charge in [0.25, 0.3) is 0 Å². The molecule has 96 valence electrons. The topological polar surface area (TPSA) is 12.0 Å². The smallest absolute Gasteiger partial charge is 0.00954 e. The zero-order valence-corrected chi connectivity index (χ0v) is 11.8. The molecule has 1 aliphatic carbocycles. The minimum atomic E-state index is 0.813. The van der Waals surface area contributed by atoms with E-state index in [1.165, 1.54) is 38.5 Å². The largest absolute Gasteiger partial charge is 0.314 e. The maximum Gasteiger partial charge on any atom is 0.00954 e. The van der Waals surface area contributed by atoms with Gasteiger partial charge in [-0.15, -0.1) is 0 Å². The van der Waals surface area contributed by atoms with Gasteiger partial charge in [0.2, 0.25) is 0 Å². The lowest BCUT2D eigenvalue weighted by Crippen LogP contribution is -2.40. The number of hydrogen-bond donors (Lipinski definition) is 1. The quantitative estimate of drug-likeness (QED) is 0.713. The van der Waals surface area contributed by atoms with E-state index in [1.807, 2.05) is 0 Å². The molecule has 1 rings (SSSR count). The minimum Gasteiger partial charge on any atom is -0.314 e. The van der Waals surface area contributed by atoms with Gasteiger partial charge < -0.3 is 5.32 Å². The van der Waals surface area contributed by atoms with Gasteiger partial charge in [-0.25, -0.2) is 0 Å². The van der Waals surface area contributed by atoms with E-state index in [-0.39, 0.29) is 0 Å². The number of nitrogens with one attached hydrogen (secondary N) is 1. The Balaban J connectivity index is 2.32. The van der Waals surface area contributed by atoms with Crippen LogP contribution in [-0.2, 0) is 0 Å². The van der Waals surface area contributed by atoms with Crippen LogP contribution in [0, 0.1) is 17.8 Å². The fraction of sp³-hybridized carbons (Fsp3) is 1.00. The Labute approximate surface area is 102 Å². The standard InChI is InChI=1S/C15H31N/c1-5-16-15-10-9-13(4)11-14(15)8-6-7-12(2)3/h12-16H,5-11H2,1-4H3. The van der Waals surface area contributed by atoms with Gasteiger partial charge in [-0.1, -0.05) is 40.5 Å². The van der Waals surface area contributed by atoms with Crippen molar-refractivity contribution in [3.05, 3.63) is 0 Å². The molecule has 0 aliphatic heterocycles. The van der Waals surface area contributed by atoms with Crippen molar-refractivity contribution in [1.29, 1.82) is 0 Å². The summed E-state index contributed by atoms with van der Waals surface area (Å²) in [4.78, 5) is 0. The molecule has 1 N–H and O–H groups in total. The van der Waals surface area contributed by atoms with Crippen molar-refractivity contribution < 1.29 is 0 Å². The summed E-state index contributed by atoms with van der Waals surface area (Å²) in [5, 5.41) is 3.69. The molecule has 1 nitrogen and oxygen atoms in total. The molecule has 1 fully saturated rings. The van der Waals surface area contributed by atoms with Crippen LogP contribution in [0.15, 0.2) is 0 Å². The van der Waals surface area contributed by atoms with E-state index in [4.69, 9.17) is 0 Å². The van der Waals surface area contributed by atoms with E-state index in [1.54, 1.807) is 0 Å². The molecular formula is C15H31N. The molecule has 0 spiro atoms. The van der Waals surface area contributed by atoms with Crippen molar-refractivity contribution in [2.45, 2.75) is 72.3 Å². The van der Waals surface area contributed by atoms with Crippen LogP contribution in [-0.4, -0.2) is 12.6 Å². The molecule has 0 saturated heterocycles. The van der Waals surface area contributed by atoms with Crippen LogP contribution in [0.4, 0.5) is 0 Å². The van der Waals surface area contributed by atoms with Gasteiger partial charge >= 0.3 is 0 Å². The second-order valence-electron chi connectivity index (χ2n) is 6.17. The first-order valence-electron chi connectivity index (χ1n) is 7.36. The van der Waals surface area contributed by atoms with Crippen LogP contribution < -0.4 is 5.32 Å². The maximum atomic E-state index is 3.69. The Morgan fingerprint density at radius 2 is 2.00 bits per heavy atom. The van der Waals surface area contributed by atoms with Crippen LogP contribution in [0.25, 0.3) is 0 Å². The lowest BCUT2D eigenvalue weighted by atomic mass is 9.76. The SMILES string of the molecule is CCNC1CCC(C)CC1CCCC(C)C. The van der Waals surface area contributed by atoms with E-state index < -0.39 is 0 Å². The van der Waals surface area contributed by atoms with Gasteiger partial charge in [-0.2, -0.15) is 0 Å². The lowest BCUT2D eigenvalue weighted by Gasteiger charge is -2.35. The van der Waals surface area contributed by atoms with Gasteiger partial charge in [0, 0.05) is 6.04 Å². The fourth-order valence-electron chi connectivity index (χ4n) is 3.14. The van der Waals surface area contributed by atoms with Crippen LogP contribution >= 0.6 is 0 Å². The van der Waals surface area contributed by atoms with E-state index >= 15 is 0 Å². The van der Waals surface area contributed by atoms with Crippen molar-refractivity contribution in [2.24, 2.45) is 17.8 Å². The molecular weight excluding hydrogens is 194 g/mol. The molecule has 0 amide bonds. The van der Waals surface area contributed by atoms with Crippen LogP contribution in [0.3, 0.4) is 0 Å².